The van der Waals surface area contributed by atoms with Crippen molar-refractivity contribution >= 4 is 31.9 Å². The Bertz CT molecular complexity index is 324. The molecule has 0 heterocycles. The molecular formula is C13H19Br2N. The van der Waals surface area contributed by atoms with Crippen LogP contribution in [0.15, 0.2) is 27.1 Å². The van der Waals surface area contributed by atoms with E-state index >= 15 is 0 Å². The standard InChI is InChI=1S/C13H19Br2N/c1-10(2)4-3-7-16-9-11-5-6-12(14)13(15)8-11/h5-6,8,10,16H,3-4,7,9H2,1-2H3. The molecule has 0 aromatic heterocycles. The van der Waals surface area contributed by atoms with E-state index in [4.69, 9.17) is 0 Å². The topological polar surface area (TPSA) is 12.0 Å². The second kappa shape index (κ2) is 7.46. The molecule has 16 heavy (non-hydrogen) atoms. The molecule has 0 fully saturated rings. The number of hydrogen-bond acceptors (Lipinski definition) is 1. The fraction of sp³-hybridized carbons (Fsp3) is 0.538. The first-order chi connectivity index (χ1) is 7.59. The molecule has 0 saturated heterocycles. The van der Waals surface area contributed by atoms with E-state index in [9.17, 15) is 0 Å². The fourth-order valence-electron chi connectivity index (χ4n) is 1.52. The summed E-state index contributed by atoms with van der Waals surface area (Å²) in [5.41, 5.74) is 1.32. The molecular weight excluding hydrogens is 330 g/mol. The summed E-state index contributed by atoms with van der Waals surface area (Å²) in [5.74, 6) is 0.809. The third-order valence-electron chi connectivity index (χ3n) is 2.45. The molecule has 90 valence electrons. The van der Waals surface area contributed by atoms with Crippen molar-refractivity contribution in [3.63, 3.8) is 0 Å². The van der Waals surface area contributed by atoms with E-state index in [1.807, 2.05) is 0 Å². The van der Waals surface area contributed by atoms with E-state index in [1.165, 1.54) is 18.4 Å². The Morgan fingerprint density at radius 1 is 1.19 bits per heavy atom. The summed E-state index contributed by atoms with van der Waals surface area (Å²) in [7, 11) is 0. The molecule has 0 aliphatic rings. The average molecular weight is 349 g/mol. The summed E-state index contributed by atoms with van der Waals surface area (Å²) in [6.45, 7) is 6.59. The first kappa shape index (κ1) is 14.2. The maximum Gasteiger partial charge on any atom is 0.0320 e. The molecule has 1 aromatic rings. The molecule has 0 aliphatic carbocycles. The van der Waals surface area contributed by atoms with Crippen molar-refractivity contribution in [2.45, 2.75) is 33.2 Å². The summed E-state index contributed by atoms with van der Waals surface area (Å²) in [5, 5.41) is 3.47. The maximum absolute atomic E-state index is 3.51. The first-order valence-corrected chi connectivity index (χ1v) is 7.33. The van der Waals surface area contributed by atoms with Crippen molar-refractivity contribution in [3.8, 4) is 0 Å². The highest BCUT2D eigenvalue weighted by atomic mass is 79.9. The lowest BCUT2D eigenvalue weighted by molar-refractivity contribution is 0.527. The Morgan fingerprint density at radius 3 is 2.56 bits per heavy atom. The van der Waals surface area contributed by atoms with Crippen LogP contribution in [0.4, 0.5) is 0 Å². The van der Waals surface area contributed by atoms with Crippen molar-refractivity contribution < 1.29 is 0 Å². The highest BCUT2D eigenvalue weighted by Gasteiger charge is 1.98. The van der Waals surface area contributed by atoms with Gasteiger partial charge in [-0.05, 0) is 74.9 Å². The normalized spacial score (nSPS) is 11.1. The number of benzene rings is 1. The molecule has 1 nitrogen and oxygen atoms in total. The predicted octanol–water partition coefficient (Wildman–Crippen LogP) is 4.74. The van der Waals surface area contributed by atoms with E-state index in [0.29, 0.717) is 0 Å². The zero-order chi connectivity index (χ0) is 12.0. The molecule has 0 amide bonds. The summed E-state index contributed by atoms with van der Waals surface area (Å²) in [6, 6.07) is 6.37. The molecule has 0 aliphatic heterocycles. The van der Waals surface area contributed by atoms with Gasteiger partial charge in [0.25, 0.3) is 0 Å². The lowest BCUT2D eigenvalue weighted by Gasteiger charge is -2.07. The third-order valence-corrected chi connectivity index (χ3v) is 4.33. The number of nitrogens with one attached hydrogen (secondary N) is 1. The lowest BCUT2D eigenvalue weighted by atomic mass is 10.1. The van der Waals surface area contributed by atoms with Crippen molar-refractivity contribution in [1.29, 1.82) is 0 Å². The Balaban J connectivity index is 2.24. The molecule has 1 aromatic carbocycles. The van der Waals surface area contributed by atoms with Gasteiger partial charge in [0, 0.05) is 15.5 Å². The molecule has 0 bridgehead atoms. The van der Waals surface area contributed by atoms with Gasteiger partial charge < -0.3 is 5.32 Å². The Kier molecular flexibility index (Phi) is 6.62. The molecule has 3 heteroatoms. The van der Waals surface area contributed by atoms with Gasteiger partial charge in [-0.3, -0.25) is 0 Å². The van der Waals surface area contributed by atoms with Crippen molar-refractivity contribution in [2.75, 3.05) is 6.54 Å². The smallest absolute Gasteiger partial charge is 0.0320 e. The SMILES string of the molecule is CC(C)CCCNCc1ccc(Br)c(Br)c1. The third kappa shape index (κ3) is 5.46. The molecule has 0 saturated carbocycles. The highest BCUT2D eigenvalue weighted by molar-refractivity contribution is 9.13. The van der Waals surface area contributed by atoms with Crippen LogP contribution in [0.25, 0.3) is 0 Å². The maximum atomic E-state index is 3.51. The Morgan fingerprint density at radius 2 is 1.94 bits per heavy atom. The average Bonchev–Trinajstić information content (AvgIpc) is 2.22. The zero-order valence-electron chi connectivity index (χ0n) is 9.89. The minimum absolute atomic E-state index is 0.809. The van der Waals surface area contributed by atoms with E-state index in [2.05, 4.69) is 69.2 Å². The Labute approximate surface area is 115 Å². The lowest BCUT2D eigenvalue weighted by Crippen LogP contribution is -2.15. The number of halogens is 2. The van der Waals surface area contributed by atoms with Crippen LogP contribution in [0.1, 0.15) is 32.3 Å². The fourth-order valence-corrected chi connectivity index (χ4v) is 2.19. The van der Waals surface area contributed by atoms with Crippen molar-refractivity contribution in [2.24, 2.45) is 5.92 Å². The molecule has 1 N–H and O–H groups in total. The number of rotatable bonds is 6. The molecule has 0 unspecified atom stereocenters. The van der Waals surface area contributed by atoms with Gasteiger partial charge in [0.15, 0.2) is 0 Å². The van der Waals surface area contributed by atoms with Gasteiger partial charge in [0.05, 0.1) is 0 Å². The zero-order valence-corrected chi connectivity index (χ0v) is 13.1. The van der Waals surface area contributed by atoms with Crippen LogP contribution < -0.4 is 5.32 Å². The van der Waals surface area contributed by atoms with Gasteiger partial charge in [-0.25, -0.2) is 0 Å². The van der Waals surface area contributed by atoms with Crippen LogP contribution in [-0.2, 0) is 6.54 Å². The highest BCUT2D eigenvalue weighted by Crippen LogP contribution is 2.23. The summed E-state index contributed by atoms with van der Waals surface area (Å²) >= 11 is 6.98. The predicted molar refractivity (Wildman–Crippen MR) is 77.6 cm³/mol. The summed E-state index contributed by atoms with van der Waals surface area (Å²) < 4.78 is 2.23. The molecule has 0 spiro atoms. The molecule has 0 atom stereocenters. The Hall–Kier alpha value is 0.140. The largest absolute Gasteiger partial charge is 0.313 e. The van der Waals surface area contributed by atoms with Gasteiger partial charge in [-0.15, -0.1) is 0 Å². The first-order valence-electron chi connectivity index (χ1n) is 5.74. The van der Waals surface area contributed by atoms with E-state index in [1.54, 1.807) is 0 Å². The van der Waals surface area contributed by atoms with Crippen LogP contribution in [0, 0.1) is 5.92 Å². The quantitative estimate of drug-likeness (QED) is 0.732. The molecule has 1 rings (SSSR count). The van der Waals surface area contributed by atoms with E-state index in [-0.39, 0.29) is 0 Å². The minimum atomic E-state index is 0.809. The minimum Gasteiger partial charge on any atom is -0.313 e. The second-order valence-electron chi connectivity index (χ2n) is 4.46. The van der Waals surface area contributed by atoms with Crippen LogP contribution in [0.2, 0.25) is 0 Å². The van der Waals surface area contributed by atoms with Gasteiger partial charge >= 0.3 is 0 Å². The molecule has 0 radical (unpaired) electrons. The monoisotopic (exact) mass is 347 g/mol. The van der Waals surface area contributed by atoms with E-state index < -0.39 is 0 Å². The van der Waals surface area contributed by atoms with Crippen LogP contribution in [0.5, 0.6) is 0 Å². The van der Waals surface area contributed by atoms with Gasteiger partial charge in [-0.2, -0.15) is 0 Å². The van der Waals surface area contributed by atoms with Gasteiger partial charge in [-0.1, -0.05) is 19.9 Å². The van der Waals surface area contributed by atoms with Crippen LogP contribution in [-0.4, -0.2) is 6.54 Å². The second-order valence-corrected chi connectivity index (χ2v) is 6.17. The van der Waals surface area contributed by atoms with Crippen molar-refractivity contribution in [1.82, 2.24) is 5.32 Å². The number of hydrogen-bond donors (Lipinski definition) is 1. The van der Waals surface area contributed by atoms with Gasteiger partial charge in [0.2, 0.25) is 0 Å². The van der Waals surface area contributed by atoms with E-state index in [0.717, 1.165) is 28.0 Å². The van der Waals surface area contributed by atoms with Gasteiger partial charge in [0.1, 0.15) is 0 Å². The summed E-state index contributed by atoms with van der Waals surface area (Å²) in [6.07, 6.45) is 2.56. The van der Waals surface area contributed by atoms with Crippen LogP contribution in [0.3, 0.4) is 0 Å². The van der Waals surface area contributed by atoms with Crippen molar-refractivity contribution in [3.05, 3.63) is 32.7 Å². The van der Waals surface area contributed by atoms with Crippen LogP contribution >= 0.6 is 31.9 Å². The summed E-state index contributed by atoms with van der Waals surface area (Å²) in [4.78, 5) is 0.